The minimum absolute atomic E-state index is 0.00509. The number of nitriles is 1. The molecule has 90 valence electrons. The maximum absolute atomic E-state index is 8.67. The van der Waals surface area contributed by atoms with Gasteiger partial charge in [-0.05, 0) is 24.3 Å². The number of methoxy groups -OCH3 is 1. The van der Waals surface area contributed by atoms with Gasteiger partial charge in [0.2, 0.25) is 5.95 Å². The van der Waals surface area contributed by atoms with E-state index in [2.05, 4.69) is 15.0 Å². The van der Waals surface area contributed by atoms with Gasteiger partial charge in [0.15, 0.2) is 0 Å². The van der Waals surface area contributed by atoms with E-state index in [0.29, 0.717) is 11.3 Å². The van der Waals surface area contributed by atoms with Crippen LogP contribution in [0.3, 0.4) is 0 Å². The van der Waals surface area contributed by atoms with Crippen molar-refractivity contribution < 1.29 is 9.47 Å². The molecule has 2 aromatic rings. The first-order valence-electron chi connectivity index (χ1n) is 4.95. The van der Waals surface area contributed by atoms with E-state index in [1.54, 1.807) is 24.3 Å². The lowest BCUT2D eigenvalue weighted by atomic mass is 10.2. The number of nitrogens with two attached hydrogens (primary N) is 1. The maximum Gasteiger partial charge on any atom is 0.330 e. The number of benzene rings is 1. The van der Waals surface area contributed by atoms with Crippen LogP contribution in [0.5, 0.6) is 17.8 Å². The summed E-state index contributed by atoms with van der Waals surface area (Å²) in [5.74, 6) is 0.493. The first-order chi connectivity index (χ1) is 8.71. The number of aromatic nitrogens is 3. The second-order valence-corrected chi connectivity index (χ2v) is 3.20. The first kappa shape index (κ1) is 11.6. The van der Waals surface area contributed by atoms with Gasteiger partial charge in [-0.1, -0.05) is 0 Å². The molecule has 0 saturated heterocycles. The van der Waals surface area contributed by atoms with Crippen molar-refractivity contribution in [3.05, 3.63) is 29.8 Å². The third-order valence-corrected chi connectivity index (χ3v) is 1.99. The fourth-order valence-corrected chi connectivity index (χ4v) is 1.19. The number of hydrogen-bond acceptors (Lipinski definition) is 7. The summed E-state index contributed by atoms with van der Waals surface area (Å²) in [4.78, 5) is 11.4. The van der Waals surface area contributed by atoms with Crippen LogP contribution in [0.2, 0.25) is 0 Å². The molecule has 0 saturated carbocycles. The van der Waals surface area contributed by atoms with Gasteiger partial charge in [-0.15, -0.1) is 4.98 Å². The SMILES string of the molecule is COc1nc(N)nc(Oc2ccc(C#N)cc2)n1. The van der Waals surface area contributed by atoms with Crippen molar-refractivity contribution >= 4 is 5.95 Å². The zero-order valence-electron chi connectivity index (χ0n) is 9.49. The second-order valence-electron chi connectivity index (χ2n) is 3.20. The Hall–Kier alpha value is -2.88. The summed E-state index contributed by atoms with van der Waals surface area (Å²) in [5, 5.41) is 8.67. The number of nitrogen functional groups attached to an aromatic ring is 1. The van der Waals surface area contributed by atoms with E-state index in [1.165, 1.54) is 7.11 Å². The fraction of sp³-hybridized carbons (Fsp3) is 0.0909. The predicted molar refractivity (Wildman–Crippen MR) is 62.0 cm³/mol. The molecule has 2 N–H and O–H groups in total. The Morgan fingerprint density at radius 2 is 1.78 bits per heavy atom. The highest BCUT2D eigenvalue weighted by molar-refractivity contribution is 5.35. The highest BCUT2D eigenvalue weighted by Gasteiger charge is 2.06. The van der Waals surface area contributed by atoms with Crippen molar-refractivity contribution in [2.75, 3.05) is 12.8 Å². The van der Waals surface area contributed by atoms with Crippen LogP contribution < -0.4 is 15.2 Å². The predicted octanol–water partition coefficient (Wildman–Crippen LogP) is 1.13. The van der Waals surface area contributed by atoms with Crippen molar-refractivity contribution in [1.82, 2.24) is 15.0 Å². The molecule has 0 atom stereocenters. The molecule has 0 aliphatic heterocycles. The monoisotopic (exact) mass is 243 g/mol. The average molecular weight is 243 g/mol. The molecule has 1 aromatic carbocycles. The molecule has 0 spiro atoms. The van der Waals surface area contributed by atoms with Gasteiger partial charge in [0.05, 0.1) is 18.7 Å². The van der Waals surface area contributed by atoms with Gasteiger partial charge in [0.1, 0.15) is 5.75 Å². The van der Waals surface area contributed by atoms with Gasteiger partial charge in [-0.3, -0.25) is 0 Å². The summed E-state index contributed by atoms with van der Waals surface area (Å²) in [7, 11) is 1.42. The number of rotatable bonds is 3. The molecular weight excluding hydrogens is 234 g/mol. The Morgan fingerprint density at radius 3 is 2.39 bits per heavy atom. The molecule has 18 heavy (non-hydrogen) atoms. The van der Waals surface area contributed by atoms with E-state index in [-0.39, 0.29) is 18.0 Å². The molecule has 0 aliphatic carbocycles. The Balaban J connectivity index is 2.22. The molecule has 1 heterocycles. The number of anilines is 1. The third kappa shape index (κ3) is 2.62. The van der Waals surface area contributed by atoms with E-state index in [1.807, 2.05) is 6.07 Å². The van der Waals surface area contributed by atoms with Gasteiger partial charge in [0, 0.05) is 0 Å². The van der Waals surface area contributed by atoms with Crippen molar-refractivity contribution in [3.8, 4) is 23.8 Å². The van der Waals surface area contributed by atoms with Gasteiger partial charge in [-0.25, -0.2) is 0 Å². The van der Waals surface area contributed by atoms with E-state index >= 15 is 0 Å². The Labute approximate surface area is 103 Å². The molecule has 7 heteroatoms. The summed E-state index contributed by atoms with van der Waals surface area (Å²) in [6.07, 6.45) is 0. The minimum Gasteiger partial charge on any atom is -0.467 e. The van der Waals surface area contributed by atoms with E-state index in [0.717, 1.165) is 0 Å². The van der Waals surface area contributed by atoms with Gasteiger partial charge in [-0.2, -0.15) is 15.2 Å². The number of hydrogen-bond donors (Lipinski definition) is 1. The molecule has 1 aromatic heterocycles. The lowest BCUT2D eigenvalue weighted by Crippen LogP contribution is -2.02. The molecule has 0 unspecified atom stereocenters. The lowest BCUT2D eigenvalue weighted by molar-refractivity contribution is 0.360. The van der Waals surface area contributed by atoms with Crippen LogP contribution >= 0.6 is 0 Å². The second kappa shape index (κ2) is 4.97. The lowest BCUT2D eigenvalue weighted by Gasteiger charge is -2.05. The van der Waals surface area contributed by atoms with Crippen LogP contribution in [-0.4, -0.2) is 22.1 Å². The largest absolute Gasteiger partial charge is 0.467 e. The molecule has 0 aliphatic rings. The molecular formula is C11H9N5O2. The van der Waals surface area contributed by atoms with Crippen LogP contribution in [0, 0.1) is 11.3 Å². The molecule has 0 fully saturated rings. The van der Waals surface area contributed by atoms with Gasteiger partial charge in [0.25, 0.3) is 0 Å². The van der Waals surface area contributed by atoms with E-state index < -0.39 is 0 Å². The first-order valence-corrected chi connectivity index (χ1v) is 4.95. The molecule has 0 bridgehead atoms. The van der Waals surface area contributed by atoms with Crippen LogP contribution in [0.1, 0.15) is 5.56 Å². The Kier molecular flexibility index (Phi) is 3.20. The molecule has 7 nitrogen and oxygen atoms in total. The minimum atomic E-state index is 0.00509. The summed E-state index contributed by atoms with van der Waals surface area (Å²) in [6.45, 7) is 0. The van der Waals surface area contributed by atoms with Crippen molar-refractivity contribution in [1.29, 1.82) is 5.26 Å². The van der Waals surface area contributed by atoms with Crippen LogP contribution in [0.25, 0.3) is 0 Å². The van der Waals surface area contributed by atoms with E-state index in [9.17, 15) is 0 Å². The molecule has 0 amide bonds. The zero-order chi connectivity index (χ0) is 13.0. The highest BCUT2D eigenvalue weighted by Crippen LogP contribution is 2.19. The smallest absolute Gasteiger partial charge is 0.330 e. The highest BCUT2D eigenvalue weighted by atomic mass is 16.5. The van der Waals surface area contributed by atoms with Crippen LogP contribution in [-0.2, 0) is 0 Å². The van der Waals surface area contributed by atoms with Crippen molar-refractivity contribution in [2.45, 2.75) is 0 Å². The summed E-state index contributed by atoms with van der Waals surface area (Å²) in [6, 6.07) is 8.62. The normalized spacial score (nSPS) is 9.56. The topological polar surface area (TPSA) is 107 Å². The van der Waals surface area contributed by atoms with Crippen LogP contribution in [0.4, 0.5) is 5.95 Å². The fourth-order valence-electron chi connectivity index (χ4n) is 1.19. The third-order valence-electron chi connectivity index (χ3n) is 1.99. The standard InChI is InChI=1S/C11H9N5O2/c1-17-10-14-9(13)15-11(16-10)18-8-4-2-7(6-12)3-5-8/h2-5H,1H3,(H2,13,14,15,16). The van der Waals surface area contributed by atoms with Crippen LogP contribution in [0.15, 0.2) is 24.3 Å². The van der Waals surface area contributed by atoms with E-state index in [4.69, 9.17) is 20.5 Å². The number of nitrogens with zero attached hydrogens (tertiary/aromatic N) is 4. The summed E-state index contributed by atoms with van der Waals surface area (Å²) >= 11 is 0. The summed E-state index contributed by atoms with van der Waals surface area (Å²) < 4.78 is 10.2. The summed E-state index contributed by atoms with van der Waals surface area (Å²) in [5.41, 5.74) is 6.01. The Morgan fingerprint density at radius 1 is 1.11 bits per heavy atom. The maximum atomic E-state index is 8.67. The molecule has 2 rings (SSSR count). The molecule has 0 radical (unpaired) electrons. The van der Waals surface area contributed by atoms with Crippen molar-refractivity contribution in [3.63, 3.8) is 0 Å². The van der Waals surface area contributed by atoms with Gasteiger partial charge < -0.3 is 15.2 Å². The van der Waals surface area contributed by atoms with Gasteiger partial charge >= 0.3 is 12.0 Å². The average Bonchev–Trinajstić information content (AvgIpc) is 2.39. The zero-order valence-corrected chi connectivity index (χ0v) is 9.49. The quantitative estimate of drug-likeness (QED) is 0.860. The Bertz CT molecular complexity index is 591. The van der Waals surface area contributed by atoms with Crippen molar-refractivity contribution in [2.24, 2.45) is 0 Å². The number of ether oxygens (including phenoxy) is 2.